The van der Waals surface area contributed by atoms with Crippen molar-refractivity contribution in [2.45, 2.75) is 52.0 Å². The van der Waals surface area contributed by atoms with Gasteiger partial charge >= 0.3 is 5.97 Å². The van der Waals surface area contributed by atoms with Gasteiger partial charge in [0, 0.05) is 18.3 Å². The van der Waals surface area contributed by atoms with E-state index in [9.17, 15) is 9.59 Å². The summed E-state index contributed by atoms with van der Waals surface area (Å²) in [6.07, 6.45) is 4.13. The van der Waals surface area contributed by atoms with E-state index >= 15 is 0 Å². The predicted octanol–water partition coefficient (Wildman–Crippen LogP) is 2.49. The first-order chi connectivity index (χ1) is 9.08. The molecule has 0 aromatic heterocycles. The van der Waals surface area contributed by atoms with Gasteiger partial charge in [-0.05, 0) is 25.7 Å². The molecule has 0 radical (unpaired) electrons. The minimum atomic E-state index is -0.191. The molecule has 0 aromatic rings. The highest BCUT2D eigenvalue weighted by atomic mass is 35.5. The lowest BCUT2D eigenvalue weighted by atomic mass is 9.84. The van der Waals surface area contributed by atoms with Crippen LogP contribution in [-0.2, 0) is 14.3 Å². The number of alkyl halides is 1. The summed E-state index contributed by atoms with van der Waals surface area (Å²) in [7, 11) is 0. The number of hydrogen-bond acceptors (Lipinski definition) is 3. The average molecular weight is 290 g/mol. The number of rotatable bonds is 6. The van der Waals surface area contributed by atoms with E-state index < -0.39 is 0 Å². The number of carbonyl (C=O) groups is 2. The molecular formula is C14H24ClNO3. The number of ether oxygens (including phenoxy) is 1. The minimum Gasteiger partial charge on any atom is -0.466 e. The van der Waals surface area contributed by atoms with E-state index in [2.05, 4.69) is 5.32 Å². The molecule has 0 aromatic carbocycles. The Morgan fingerprint density at radius 2 is 2.05 bits per heavy atom. The summed E-state index contributed by atoms with van der Waals surface area (Å²) in [5.74, 6) is 0.238. The standard InChI is InChI=1S/C14H24ClNO3/c1-3-19-14(18)11-6-4-5-7-12(11)16-13(17)8-10(2)9-15/h10-12H,3-9H2,1-2H3,(H,16,17)/t10?,11-,12+/m0/s1. The third-order valence-corrected chi connectivity index (χ3v) is 4.03. The van der Waals surface area contributed by atoms with Crippen LogP contribution in [0.3, 0.4) is 0 Å². The smallest absolute Gasteiger partial charge is 0.311 e. The van der Waals surface area contributed by atoms with E-state index in [1.807, 2.05) is 6.92 Å². The van der Waals surface area contributed by atoms with Crippen molar-refractivity contribution < 1.29 is 14.3 Å². The number of nitrogens with one attached hydrogen (secondary N) is 1. The maximum atomic E-state index is 11.9. The molecule has 1 N–H and O–H groups in total. The monoisotopic (exact) mass is 289 g/mol. The second-order valence-electron chi connectivity index (χ2n) is 5.28. The Morgan fingerprint density at radius 3 is 2.68 bits per heavy atom. The van der Waals surface area contributed by atoms with Gasteiger partial charge in [-0.3, -0.25) is 9.59 Å². The molecule has 1 fully saturated rings. The molecule has 1 aliphatic rings. The molecule has 0 spiro atoms. The second-order valence-corrected chi connectivity index (χ2v) is 5.59. The Labute approximate surface area is 120 Å². The topological polar surface area (TPSA) is 55.4 Å². The van der Waals surface area contributed by atoms with Gasteiger partial charge in [0.05, 0.1) is 12.5 Å². The van der Waals surface area contributed by atoms with Crippen LogP contribution in [-0.4, -0.2) is 30.4 Å². The molecule has 1 unspecified atom stereocenters. The Kier molecular flexibility index (Phi) is 7.21. The molecule has 3 atom stereocenters. The number of carbonyl (C=O) groups excluding carboxylic acids is 2. The van der Waals surface area contributed by atoms with E-state index in [-0.39, 0.29) is 29.8 Å². The first kappa shape index (κ1) is 16.3. The van der Waals surface area contributed by atoms with Crippen LogP contribution in [0.15, 0.2) is 0 Å². The molecule has 1 rings (SSSR count). The highest BCUT2D eigenvalue weighted by Gasteiger charge is 2.33. The Hall–Kier alpha value is -0.770. The minimum absolute atomic E-state index is 0.0191. The molecule has 1 amide bonds. The fourth-order valence-corrected chi connectivity index (χ4v) is 2.58. The molecule has 0 heterocycles. The van der Waals surface area contributed by atoms with Crippen molar-refractivity contribution in [1.29, 1.82) is 0 Å². The quantitative estimate of drug-likeness (QED) is 0.604. The van der Waals surface area contributed by atoms with Crippen LogP contribution in [0, 0.1) is 11.8 Å². The fraction of sp³-hybridized carbons (Fsp3) is 0.857. The van der Waals surface area contributed by atoms with Gasteiger partial charge in [0.1, 0.15) is 0 Å². The van der Waals surface area contributed by atoms with E-state index in [1.165, 1.54) is 0 Å². The zero-order chi connectivity index (χ0) is 14.3. The van der Waals surface area contributed by atoms with E-state index in [1.54, 1.807) is 6.92 Å². The van der Waals surface area contributed by atoms with Gasteiger partial charge in [0.15, 0.2) is 0 Å². The zero-order valence-electron chi connectivity index (χ0n) is 11.8. The highest BCUT2D eigenvalue weighted by Crippen LogP contribution is 2.26. The molecule has 1 saturated carbocycles. The summed E-state index contributed by atoms with van der Waals surface area (Å²) >= 11 is 5.71. The summed E-state index contributed by atoms with van der Waals surface area (Å²) in [5.41, 5.74) is 0. The summed E-state index contributed by atoms with van der Waals surface area (Å²) in [4.78, 5) is 23.8. The van der Waals surface area contributed by atoms with Gasteiger partial charge in [-0.2, -0.15) is 0 Å². The summed E-state index contributed by atoms with van der Waals surface area (Å²) < 4.78 is 5.08. The first-order valence-electron chi connectivity index (χ1n) is 7.10. The fourth-order valence-electron chi connectivity index (χ4n) is 2.47. The van der Waals surface area contributed by atoms with Crippen LogP contribution in [0.5, 0.6) is 0 Å². The number of hydrogen-bond donors (Lipinski definition) is 1. The normalized spacial score (nSPS) is 24.6. The van der Waals surface area contributed by atoms with E-state index in [0.717, 1.165) is 25.7 Å². The molecule has 0 saturated heterocycles. The second kappa shape index (κ2) is 8.41. The number of halogens is 1. The molecule has 0 aliphatic heterocycles. The Morgan fingerprint density at radius 1 is 1.37 bits per heavy atom. The lowest BCUT2D eigenvalue weighted by Gasteiger charge is -2.30. The molecular weight excluding hydrogens is 266 g/mol. The van der Waals surface area contributed by atoms with Crippen molar-refractivity contribution in [2.75, 3.05) is 12.5 Å². The number of esters is 1. The maximum Gasteiger partial charge on any atom is 0.311 e. The largest absolute Gasteiger partial charge is 0.466 e. The van der Waals surface area contributed by atoms with E-state index in [4.69, 9.17) is 16.3 Å². The van der Waals surface area contributed by atoms with Crippen molar-refractivity contribution in [1.82, 2.24) is 5.32 Å². The third kappa shape index (κ3) is 5.39. The number of amides is 1. The lowest BCUT2D eigenvalue weighted by molar-refractivity contribution is -0.150. The van der Waals surface area contributed by atoms with Crippen LogP contribution >= 0.6 is 11.6 Å². The van der Waals surface area contributed by atoms with Crippen molar-refractivity contribution in [3.05, 3.63) is 0 Å². The molecule has 110 valence electrons. The van der Waals surface area contributed by atoms with Crippen molar-refractivity contribution in [3.63, 3.8) is 0 Å². The molecule has 1 aliphatic carbocycles. The zero-order valence-corrected chi connectivity index (χ0v) is 12.5. The van der Waals surface area contributed by atoms with Crippen molar-refractivity contribution in [3.8, 4) is 0 Å². The highest BCUT2D eigenvalue weighted by molar-refractivity contribution is 6.18. The van der Waals surface area contributed by atoms with E-state index in [0.29, 0.717) is 18.9 Å². The third-order valence-electron chi connectivity index (χ3n) is 3.50. The van der Waals surface area contributed by atoms with Crippen LogP contribution in [0.2, 0.25) is 0 Å². The maximum absolute atomic E-state index is 11.9. The summed E-state index contributed by atoms with van der Waals surface area (Å²) in [6, 6.07) is -0.0807. The Bertz CT molecular complexity index is 309. The Balaban J connectivity index is 2.52. The summed E-state index contributed by atoms with van der Waals surface area (Å²) in [5, 5.41) is 2.98. The van der Waals surface area contributed by atoms with Crippen LogP contribution in [0.4, 0.5) is 0 Å². The summed E-state index contributed by atoms with van der Waals surface area (Å²) in [6.45, 7) is 4.13. The first-order valence-corrected chi connectivity index (χ1v) is 7.63. The SMILES string of the molecule is CCOC(=O)[C@H]1CCCC[C@H]1NC(=O)CC(C)CCl. The molecule has 19 heavy (non-hydrogen) atoms. The van der Waals surface area contributed by atoms with Crippen LogP contribution in [0.25, 0.3) is 0 Å². The predicted molar refractivity (Wildman–Crippen MR) is 75.0 cm³/mol. The van der Waals surface area contributed by atoms with Gasteiger partial charge in [-0.1, -0.05) is 19.8 Å². The van der Waals surface area contributed by atoms with Gasteiger partial charge in [-0.25, -0.2) is 0 Å². The van der Waals surface area contributed by atoms with Gasteiger partial charge in [0.25, 0.3) is 0 Å². The molecule has 5 heteroatoms. The average Bonchev–Trinajstić information content (AvgIpc) is 2.39. The van der Waals surface area contributed by atoms with Gasteiger partial charge in [0.2, 0.25) is 5.91 Å². The molecule has 0 bridgehead atoms. The van der Waals surface area contributed by atoms with Crippen LogP contribution in [0.1, 0.15) is 46.0 Å². The van der Waals surface area contributed by atoms with Crippen molar-refractivity contribution >= 4 is 23.5 Å². The molecule has 4 nitrogen and oxygen atoms in total. The van der Waals surface area contributed by atoms with Gasteiger partial charge < -0.3 is 10.1 Å². The lowest BCUT2D eigenvalue weighted by Crippen LogP contribution is -2.46. The van der Waals surface area contributed by atoms with Gasteiger partial charge in [-0.15, -0.1) is 11.6 Å². The van der Waals surface area contributed by atoms with Crippen LogP contribution < -0.4 is 5.32 Å². The van der Waals surface area contributed by atoms with Crippen molar-refractivity contribution in [2.24, 2.45) is 11.8 Å².